The largest absolute Gasteiger partial charge is 0.346 e. The molecule has 1 aliphatic rings. The van der Waals surface area contributed by atoms with Crippen molar-refractivity contribution in [3.63, 3.8) is 0 Å². The van der Waals surface area contributed by atoms with Gasteiger partial charge >= 0.3 is 0 Å². The summed E-state index contributed by atoms with van der Waals surface area (Å²) in [6, 6.07) is 0.0960. The van der Waals surface area contributed by atoms with Crippen LogP contribution < -0.4 is 5.32 Å². The Hall–Kier alpha value is -1.71. The molecule has 0 fully saturated rings. The summed E-state index contributed by atoms with van der Waals surface area (Å²) < 4.78 is 0. The number of carbonyl (C=O) groups is 1. The van der Waals surface area contributed by atoms with Gasteiger partial charge in [-0.1, -0.05) is 18.6 Å². The first-order valence-electron chi connectivity index (χ1n) is 7.01. The van der Waals surface area contributed by atoms with Crippen LogP contribution in [-0.4, -0.2) is 21.9 Å². The van der Waals surface area contributed by atoms with E-state index in [9.17, 15) is 4.79 Å². The minimum absolute atomic E-state index is 0.0957. The van der Waals surface area contributed by atoms with Crippen molar-refractivity contribution in [3.8, 4) is 0 Å². The summed E-state index contributed by atoms with van der Waals surface area (Å²) in [6.45, 7) is 4.03. The van der Waals surface area contributed by atoms with Gasteiger partial charge < -0.3 is 5.32 Å². The Morgan fingerprint density at radius 2 is 2.11 bits per heavy atom. The van der Waals surface area contributed by atoms with Crippen molar-refractivity contribution in [2.75, 3.05) is 0 Å². The fourth-order valence-electron chi connectivity index (χ4n) is 2.28. The molecule has 1 unspecified atom stereocenters. The summed E-state index contributed by atoms with van der Waals surface area (Å²) >= 11 is 0. The minimum Gasteiger partial charge on any atom is -0.346 e. The molecular weight excluding hydrogens is 238 g/mol. The van der Waals surface area contributed by atoms with E-state index in [0.717, 1.165) is 25.1 Å². The topological polar surface area (TPSA) is 54.9 Å². The Bertz CT molecular complexity index is 465. The van der Waals surface area contributed by atoms with Gasteiger partial charge in [0.2, 0.25) is 0 Å². The third-order valence-electron chi connectivity index (χ3n) is 3.51. The lowest BCUT2D eigenvalue weighted by Gasteiger charge is -2.20. The van der Waals surface area contributed by atoms with Crippen LogP contribution in [0.25, 0.3) is 0 Å². The third kappa shape index (κ3) is 3.63. The van der Waals surface area contributed by atoms with Gasteiger partial charge in [-0.15, -0.1) is 0 Å². The van der Waals surface area contributed by atoms with Crippen molar-refractivity contribution >= 4 is 5.91 Å². The number of rotatable bonds is 4. The van der Waals surface area contributed by atoms with E-state index in [4.69, 9.17) is 0 Å². The minimum atomic E-state index is -0.0957. The van der Waals surface area contributed by atoms with Crippen LogP contribution in [0.3, 0.4) is 0 Å². The molecule has 4 nitrogen and oxygen atoms in total. The van der Waals surface area contributed by atoms with Crippen LogP contribution in [-0.2, 0) is 6.42 Å². The first-order valence-corrected chi connectivity index (χ1v) is 7.01. The highest BCUT2D eigenvalue weighted by atomic mass is 16.1. The number of aromatic nitrogens is 2. The molecule has 0 aliphatic heterocycles. The Kier molecular flexibility index (Phi) is 4.66. The number of amides is 1. The molecule has 1 atom stereocenters. The highest BCUT2D eigenvalue weighted by molar-refractivity contribution is 5.93. The standard InChI is InChI=1S/C15H21N3O/c1-3-14-16-9-13(10-17-14)15(19)18-11(2)12-7-5-4-6-8-12/h7,9-11H,3-6,8H2,1-2H3,(H,18,19). The van der Waals surface area contributed by atoms with Crippen molar-refractivity contribution in [2.24, 2.45) is 0 Å². The average molecular weight is 259 g/mol. The Balaban J connectivity index is 1.97. The Morgan fingerprint density at radius 1 is 1.37 bits per heavy atom. The Labute approximate surface area is 114 Å². The van der Waals surface area contributed by atoms with Crippen LogP contribution in [0.5, 0.6) is 0 Å². The smallest absolute Gasteiger partial charge is 0.254 e. The third-order valence-corrected chi connectivity index (χ3v) is 3.51. The van der Waals surface area contributed by atoms with E-state index < -0.39 is 0 Å². The molecule has 1 N–H and O–H groups in total. The lowest BCUT2D eigenvalue weighted by atomic mass is 9.94. The van der Waals surface area contributed by atoms with Crippen molar-refractivity contribution < 1.29 is 4.79 Å². The molecule has 0 bridgehead atoms. The van der Waals surface area contributed by atoms with E-state index >= 15 is 0 Å². The van der Waals surface area contributed by atoms with Gasteiger partial charge in [0.1, 0.15) is 5.82 Å². The average Bonchev–Trinajstić information content (AvgIpc) is 2.48. The van der Waals surface area contributed by atoms with E-state index in [-0.39, 0.29) is 11.9 Å². The molecule has 1 aliphatic carbocycles. The van der Waals surface area contributed by atoms with Crippen molar-refractivity contribution in [1.82, 2.24) is 15.3 Å². The lowest BCUT2D eigenvalue weighted by Crippen LogP contribution is -2.34. The van der Waals surface area contributed by atoms with Crippen LogP contribution in [0.2, 0.25) is 0 Å². The second-order valence-electron chi connectivity index (χ2n) is 4.96. The Morgan fingerprint density at radius 3 is 2.68 bits per heavy atom. The first kappa shape index (κ1) is 13.7. The normalized spacial score (nSPS) is 16.6. The summed E-state index contributed by atoms with van der Waals surface area (Å²) in [5, 5.41) is 3.02. The molecule has 2 rings (SSSR count). The van der Waals surface area contributed by atoms with Crippen molar-refractivity contribution in [3.05, 3.63) is 35.4 Å². The quantitative estimate of drug-likeness (QED) is 0.846. The molecule has 1 amide bonds. The van der Waals surface area contributed by atoms with Gasteiger partial charge in [0, 0.05) is 24.9 Å². The van der Waals surface area contributed by atoms with Crippen molar-refractivity contribution in [1.29, 1.82) is 0 Å². The van der Waals surface area contributed by atoms with Gasteiger partial charge in [0.15, 0.2) is 0 Å². The SMILES string of the molecule is CCc1ncc(C(=O)NC(C)C2=CCCCC2)cn1. The molecule has 0 aromatic carbocycles. The molecule has 0 saturated heterocycles. The van der Waals surface area contributed by atoms with Crippen LogP contribution in [0.1, 0.15) is 55.7 Å². The van der Waals surface area contributed by atoms with E-state index in [1.54, 1.807) is 12.4 Å². The molecule has 19 heavy (non-hydrogen) atoms. The molecular formula is C15H21N3O. The molecule has 1 aromatic rings. The summed E-state index contributed by atoms with van der Waals surface area (Å²) in [5.74, 6) is 0.668. The molecule has 1 aromatic heterocycles. The number of nitrogens with one attached hydrogen (secondary N) is 1. The molecule has 0 saturated carbocycles. The highest BCUT2D eigenvalue weighted by Gasteiger charge is 2.15. The van der Waals surface area contributed by atoms with E-state index in [0.29, 0.717) is 5.56 Å². The zero-order valence-electron chi connectivity index (χ0n) is 11.6. The van der Waals surface area contributed by atoms with Gasteiger partial charge in [0.05, 0.1) is 5.56 Å². The molecule has 0 spiro atoms. The number of carbonyl (C=O) groups excluding carboxylic acids is 1. The van der Waals surface area contributed by atoms with Crippen LogP contribution in [0.15, 0.2) is 24.0 Å². The number of hydrogen-bond donors (Lipinski definition) is 1. The fraction of sp³-hybridized carbons (Fsp3) is 0.533. The predicted octanol–water partition coefficient (Wildman–Crippen LogP) is 2.66. The maximum absolute atomic E-state index is 12.1. The van der Waals surface area contributed by atoms with E-state index in [1.807, 2.05) is 13.8 Å². The summed E-state index contributed by atoms with van der Waals surface area (Å²) in [4.78, 5) is 20.4. The number of allylic oxidation sites excluding steroid dienone is 1. The zero-order chi connectivity index (χ0) is 13.7. The molecule has 0 radical (unpaired) electrons. The maximum atomic E-state index is 12.1. The number of nitrogens with zero attached hydrogens (tertiary/aromatic N) is 2. The van der Waals surface area contributed by atoms with Crippen molar-refractivity contribution in [2.45, 2.75) is 52.0 Å². The van der Waals surface area contributed by atoms with Gasteiger partial charge in [-0.25, -0.2) is 9.97 Å². The summed E-state index contributed by atoms with van der Waals surface area (Å²) in [6.07, 6.45) is 10.9. The van der Waals surface area contributed by atoms with Crippen LogP contribution in [0, 0.1) is 0 Å². The maximum Gasteiger partial charge on any atom is 0.254 e. The highest BCUT2D eigenvalue weighted by Crippen LogP contribution is 2.20. The van der Waals surface area contributed by atoms with Crippen LogP contribution >= 0.6 is 0 Å². The van der Waals surface area contributed by atoms with Gasteiger partial charge in [0.25, 0.3) is 5.91 Å². The molecule has 1 heterocycles. The monoisotopic (exact) mass is 259 g/mol. The van der Waals surface area contributed by atoms with Gasteiger partial charge in [-0.2, -0.15) is 0 Å². The van der Waals surface area contributed by atoms with E-state index in [1.165, 1.54) is 18.4 Å². The van der Waals surface area contributed by atoms with Crippen LogP contribution in [0.4, 0.5) is 0 Å². The second kappa shape index (κ2) is 6.45. The second-order valence-corrected chi connectivity index (χ2v) is 4.96. The van der Waals surface area contributed by atoms with Gasteiger partial charge in [-0.05, 0) is 32.6 Å². The molecule has 102 valence electrons. The number of hydrogen-bond acceptors (Lipinski definition) is 3. The lowest BCUT2D eigenvalue weighted by molar-refractivity contribution is 0.0943. The first-order chi connectivity index (χ1) is 9.20. The van der Waals surface area contributed by atoms with Gasteiger partial charge in [-0.3, -0.25) is 4.79 Å². The molecule has 4 heteroatoms. The zero-order valence-corrected chi connectivity index (χ0v) is 11.6. The van der Waals surface area contributed by atoms with E-state index in [2.05, 4.69) is 21.4 Å². The fourth-order valence-corrected chi connectivity index (χ4v) is 2.28. The number of aryl methyl sites for hydroxylation is 1. The summed E-state index contributed by atoms with van der Waals surface area (Å²) in [7, 11) is 0. The summed E-state index contributed by atoms with van der Waals surface area (Å²) in [5.41, 5.74) is 1.87. The predicted molar refractivity (Wildman–Crippen MR) is 74.9 cm³/mol.